The van der Waals surface area contributed by atoms with E-state index < -0.39 is 12.0 Å². The van der Waals surface area contributed by atoms with Gasteiger partial charge in [-0.1, -0.05) is 59.9 Å². The quantitative estimate of drug-likeness (QED) is 0.226. The van der Waals surface area contributed by atoms with Crippen molar-refractivity contribution in [3.63, 3.8) is 0 Å². The standard InChI is InChI=1S/C32H29BrN2O5S/c1-4-38-24-14-12-23(13-15-24)29-28(31(37)39-5-2)20(3)34-32-35(29)30(36)27(41-32)18-22-11-16-26(25(33)17-22)40-19-21-9-7-6-8-10-21/h6-18,29H,4-5,19H2,1-3H3/b27-18-/t29-/m1/s1. The van der Waals surface area contributed by atoms with Gasteiger partial charge < -0.3 is 14.2 Å². The number of hydrogen-bond acceptors (Lipinski definition) is 7. The van der Waals surface area contributed by atoms with Crippen LogP contribution in [0.15, 0.2) is 98.3 Å². The molecule has 2 heterocycles. The van der Waals surface area contributed by atoms with Gasteiger partial charge in [0.2, 0.25) is 0 Å². The Morgan fingerprint density at radius 2 is 1.78 bits per heavy atom. The van der Waals surface area contributed by atoms with E-state index in [0.29, 0.717) is 45.3 Å². The Hall–Kier alpha value is -3.95. The zero-order valence-corrected chi connectivity index (χ0v) is 25.3. The largest absolute Gasteiger partial charge is 0.494 e. The number of hydrogen-bond donors (Lipinski definition) is 0. The molecule has 5 rings (SSSR count). The van der Waals surface area contributed by atoms with Crippen LogP contribution >= 0.6 is 27.3 Å². The number of fused-ring (bicyclic) bond motifs is 1. The fraction of sp³-hybridized carbons (Fsp3) is 0.219. The van der Waals surface area contributed by atoms with Crippen molar-refractivity contribution in [2.75, 3.05) is 13.2 Å². The van der Waals surface area contributed by atoms with E-state index in [1.165, 1.54) is 11.3 Å². The zero-order valence-electron chi connectivity index (χ0n) is 22.9. The molecule has 0 N–H and O–H groups in total. The summed E-state index contributed by atoms with van der Waals surface area (Å²) in [5.74, 6) is 0.929. The summed E-state index contributed by atoms with van der Waals surface area (Å²) in [6.45, 7) is 6.65. The van der Waals surface area contributed by atoms with E-state index in [2.05, 4.69) is 20.9 Å². The predicted molar refractivity (Wildman–Crippen MR) is 163 cm³/mol. The second-order valence-corrected chi connectivity index (χ2v) is 11.1. The highest BCUT2D eigenvalue weighted by molar-refractivity contribution is 9.10. The Morgan fingerprint density at radius 1 is 1.02 bits per heavy atom. The van der Waals surface area contributed by atoms with Crippen molar-refractivity contribution in [3.05, 3.63) is 125 Å². The summed E-state index contributed by atoms with van der Waals surface area (Å²) in [7, 11) is 0. The first-order valence-corrected chi connectivity index (χ1v) is 14.9. The highest BCUT2D eigenvalue weighted by atomic mass is 79.9. The van der Waals surface area contributed by atoms with Crippen molar-refractivity contribution in [2.24, 2.45) is 4.99 Å². The minimum absolute atomic E-state index is 0.218. The summed E-state index contributed by atoms with van der Waals surface area (Å²) in [6.07, 6.45) is 1.83. The number of carbonyl (C=O) groups excluding carboxylic acids is 1. The molecular weight excluding hydrogens is 604 g/mol. The van der Waals surface area contributed by atoms with Crippen LogP contribution in [0.25, 0.3) is 6.08 Å². The molecule has 1 aromatic heterocycles. The van der Waals surface area contributed by atoms with Crippen LogP contribution in [0.4, 0.5) is 0 Å². The third kappa shape index (κ3) is 6.21. The molecular formula is C32H29BrN2O5S. The molecule has 210 valence electrons. The lowest BCUT2D eigenvalue weighted by Gasteiger charge is -2.24. The Morgan fingerprint density at radius 3 is 2.46 bits per heavy atom. The van der Waals surface area contributed by atoms with Crippen molar-refractivity contribution in [1.29, 1.82) is 0 Å². The van der Waals surface area contributed by atoms with E-state index in [1.54, 1.807) is 18.4 Å². The molecule has 0 amide bonds. The number of ether oxygens (including phenoxy) is 3. The van der Waals surface area contributed by atoms with Gasteiger partial charge in [0.25, 0.3) is 5.56 Å². The van der Waals surface area contributed by atoms with Crippen LogP contribution in [0.2, 0.25) is 0 Å². The summed E-state index contributed by atoms with van der Waals surface area (Å²) >= 11 is 4.89. The van der Waals surface area contributed by atoms with Crippen LogP contribution in [-0.2, 0) is 16.1 Å². The van der Waals surface area contributed by atoms with Gasteiger partial charge in [-0.2, -0.15) is 0 Å². The van der Waals surface area contributed by atoms with E-state index >= 15 is 0 Å². The zero-order chi connectivity index (χ0) is 28.9. The number of allylic oxidation sites excluding steroid dienone is 1. The van der Waals surface area contributed by atoms with Crippen molar-refractivity contribution in [3.8, 4) is 11.5 Å². The monoisotopic (exact) mass is 632 g/mol. The molecule has 1 aliphatic heterocycles. The molecule has 4 aromatic rings. The average Bonchev–Trinajstić information content (AvgIpc) is 3.27. The van der Waals surface area contributed by atoms with Gasteiger partial charge in [-0.25, -0.2) is 9.79 Å². The highest BCUT2D eigenvalue weighted by Crippen LogP contribution is 2.32. The molecule has 0 aliphatic carbocycles. The third-order valence-corrected chi connectivity index (χ3v) is 8.12. The summed E-state index contributed by atoms with van der Waals surface area (Å²) in [5.41, 5.74) is 3.30. The van der Waals surface area contributed by atoms with Crippen LogP contribution in [0.5, 0.6) is 11.5 Å². The van der Waals surface area contributed by atoms with E-state index in [4.69, 9.17) is 14.2 Å². The lowest BCUT2D eigenvalue weighted by atomic mass is 9.96. The highest BCUT2D eigenvalue weighted by Gasteiger charge is 2.33. The summed E-state index contributed by atoms with van der Waals surface area (Å²) in [5, 5.41) is 0. The molecule has 0 radical (unpaired) electrons. The Balaban J connectivity index is 1.53. The number of nitrogens with zero attached hydrogens (tertiary/aromatic N) is 2. The number of benzene rings is 3. The van der Waals surface area contributed by atoms with Crippen molar-refractivity contribution in [1.82, 2.24) is 4.57 Å². The number of carbonyl (C=O) groups is 1. The van der Waals surface area contributed by atoms with E-state index in [9.17, 15) is 9.59 Å². The minimum Gasteiger partial charge on any atom is -0.494 e. The Bertz CT molecular complexity index is 1780. The fourth-order valence-corrected chi connectivity index (χ4v) is 6.19. The molecule has 0 fully saturated rings. The predicted octanol–water partition coefficient (Wildman–Crippen LogP) is 5.54. The lowest BCUT2D eigenvalue weighted by Crippen LogP contribution is -2.39. The van der Waals surface area contributed by atoms with Crippen LogP contribution in [0.3, 0.4) is 0 Å². The summed E-state index contributed by atoms with van der Waals surface area (Å²) in [6, 6.07) is 22.4. The number of thiazole rings is 1. The first-order chi connectivity index (χ1) is 19.9. The summed E-state index contributed by atoms with van der Waals surface area (Å²) in [4.78, 5) is 32.1. The Kier molecular flexibility index (Phi) is 8.85. The maximum atomic E-state index is 13.9. The van der Waals surface area contributed by atoms with Gasteiger partial charge in [0, 0.05) is 0 Å². The first-order valence-electron chi connectivity index (χ1n) is 13.3. The normalized spacial score (nSPS) is 14.8. The Labute approximate surface area is 250 Å². The van der Waals surface area contributed by atoms with Gasteiger partial charge in [-0.3, -0.25) is 9.36 Å². The molecule has 0 saturated carbocycles. The van der Waals surface area contributed by atoms with Crippen molar-refractivity contribution in [2.45, 2.75) is 33.4 Å². The van der Waals surface area contributed by atoms with Crippen LogP contribution in [-0.4, -0.2) is 23.8 Å². The smallest absolute Gasteiger partial charge is 0.338 e. The van der Waals surface area contributed by atoms with Crippen molar-refractivity contribution >= 4 is 39.3 Å². The van der Waals surface area contributed by atoms with E-state index in [0.717, 1.165) is 21.2 Å². The van der Waals surface area contributed by atoms with Gasteiger partial charge >= 0.3 is 5.97 Å². The average molecular weight is 634 g/mol. The van der Waals surface area contributed by atoms with Gasteiger partial charge in [-0.15, -0.1) is 0 Å². The SMILES string of the molecule is CCOC(=O)C1=C(C)N=c2s/c(=C\c3ccc(OCc4ccccc4)c(Br)c3)c(=O)n2[C@@H]1c1ccc(OCC)cc1. The lowest BCUT2D eigenvalue weighted by molar-refractivity contribution is -0.139. The van der Waals surface area contributed by atoms with Gasteiger partial charge in [0.1, 0.15) is 18.1 Å². The molecule has 0 unspecified atom stereocenters. The number of esters is 1. The first kappa shape index (κ1) is 28.6. The second kappa shape index (κ2) is 12.7. The molecule has 41 heavy (non-hydrogen) atoms. The molecule has 1 aliphatic rings. The van der Waals surface area contributed by atoms with Crippen LogP contribution < -0.4 is 24.4 Å². The molecule has 1 atom stereocenters. The third-order valence-electron chi connectivity index (χ3n) is 6.51. The molecule has 0 saturated heterocycles. The van der Waals surface area contributed by atoms with Gasteiger partial charge in [0.05, 0.1) is 39.5 Å². The minimum atomic E-state index is -0.677. The number of aromatic nitrogens is 1. The molecule has 9 heteroatoms. The number of rotatable bonds is 9. The van der Waals surface area contributed by atoms with E-state index in [-0.39, 0.29) is 12.2 Å². The van der Waals surface area contributed by atoms with Gasteiger partial charge in [-0.05, 0) is 83.7 Å². The summed E-state index contributed by atoms with van der Waals surface area (Å²) < 4.78 is 19.8. The fourth-order valence-electron chi connectivity index (χ4n) is 4.63. The maximum Gasteiger partial charge on any atom is 0.338 e. The van der Waals surface area contributed by atoms with Gasteiger partial charge in [0.15, 0.2) is 4.80 Å². The topological polar surface area (TPSA) is 79.1 Å². The second-order valence-electron chi connectivity index (χ2n) is 9.27. The molecule has 0 bridgehead atoms. The number of halogens is 1. The van der Waals surface area contributed by atoms with Crippen molar-refractivity contribution < 1.29 is 19.0 Å². The van der Waals surface area contributed by atoms with Crippen LogP contribution in [0.1, 0.15) is 43.5 Å². The van der Waals surface area contributed by atoms with Crippen LogP contribution in [0, 0.1) is 0 Å². The molecule has 0 spiro atoms. The molecule has 7 nitrogen and oxygen atoms in total. The molecule has 3 aromatic carbocycles. The maximum absolute atomic E-state index is 13.9. The van der Waals surface area contributed by atoms with E-state index in [1.807, 2.05) is 85.8 Å².